The Morgan fingerprint density at radius 3 is 2.67 bits per heavy atom. The second kappa shape index (κ2) is 5.72. The number of methoxy groups -OCH3 is 1. The van der Waals surface area contributed by atoms with Gasteiger partial charge in [-0.15, -0.1) is 0 Å². The van der Waals surface area contributed by atoms with Gasteiger partial charge in [-0.3, -0.25) is 0 Å². The third-order valence-electron chi connectivity index (χ3n) is 3.77. The first-order valence-electron chi connectivity index (χ1n) is 6.61. The minimum atomic E-state index is 0.275. The van der Waals surface area contributed by atoms with E-state index in [0.717, 1.165) is 25.2 Å². The molecule has 1 aromatic carbocycles. The fraction of sp³-hybridized carbons (Fsp3) is 0.600. The quantitative estimate of drug-likeness (QED) is 0.890. The molecule has 0 aliphatic carbocycles. The van der Waals surface area contributed by atoms with Crippen LogP contribution in [0, 0.1) is 13.8 Å². The minimum absolute atomic E-state index is 0.275. The zero-order valence-corrected chi connectivity index (χ0v) is 11.7. The molecule has 1 saturated heterocycles. The Morgan fingerprint density at radius 1 is 1.33 bits per heavy atom. The molecular weight excluding hydrogens is 226 g/mol. The second-order valence-electron chi connectivity index (χ2n) is 5.00. The summed E-state index contributed by atoms with van der Waals surface area (Å²) < 4.78 is 11.2. The van der Waals surface area contributed by atoms with E-state index < -0.39 is 0 Å². The Morgan fingerprint density at radius 2 is 2.11 bits per heavy atom. The molecule has 100 valence electrons. The van der Waals surface area contributed by atoms with E-state index in [9.17, 15) is 0 Å². The Kier molecular flexibility index (Phi) is 4.25. The van der Waals surface area contributed by atoms with Crippen LogP contribution in [-0.4, -0.2) is 26.9 Å². The third-order valence-corrected chi connectivity index (χ3v) is 3.77. The SMILES string of the molecule is CNC(c1cc(C)c(OC)cc1C)C1CCCO1. The van der Waals surface area contributed by atoms with Crippen molar-refractivity contribution in [1.29, 1.82) is 0 Å². The summed E-state index contributed by atoms with van der Waals surface area (Å²) in [7, 11) is 3.72. The normalized spacial score (nSPS) is 21.0. The molecule has 1 aliphatic rings. The van der Waals surface area contributed by atoms with Gasteiger partial charge in [0, 0.05) is 6.61 Å². The van der Waals surface area contributed by atoms with Gasteiger partial charge in [0.2, 0.25) is 0 Å². The maximum atomic E-state index is 5.82. The minimum Gasteiger partial charge on any atom is -0.496 e. The Bertz CT molecular complexity index is 411. The van der Waals surface area contributed by atoms with E-state index in [0.29, 0.717) is 6.10 Å². The fourth-order valence-electron chi connectivity index (χ4n) is 2.77. The van der Waals surface area contributed by atoms with Crippen LogP contribution < -0.4 is 10.1 Å². The van der Waals surface area contributed by atoms with Crippen molar-refractivity contribution in [3.63, 3.8) is 0 Å². The van der Waals surface area contributed by atoms with Crippen molar-refractivity contribution in [2.24, 2.45) is 0 Å². The number of hydrogen-bond acceptors (Lipinski definition) is 3. The number of nitrogens with one attached hydrogen (secondary N) is 1. The molecule has 1 N–H and O–H groups in total. The third kappa shape index (κ3) is 2.52. The van der Waals surface area contributed by atoms with Gasteiger partial charge in [-0.05, 0) is 56.5 Å². The molecule has 1 aliphatic heterocycles. The number of benzene rings is 1. The first-order chi connectivity index (χ1) is 8.67. The van der Waals surface area contributed by atoms with E-state index >= 15 is 0 Å². The molecule has 18 heavy (non-hydrogen) atoms. The summed E-state index contributed by atoms with van der Waals surface area (Å²) >= 11 is 0. The van der Waals surface area contributed by atoms with Crippen LogP contribution in [0.15, 0.2) is 12.1 Å². The van der Waals surface area contributed by atoms with Gasteiger partial charge >= 0.3 is 0 Å². The first kappa shape index (κ1) is 13.4. The largest absolute Gasteiger partial charge is 0.496 e. The van der Waals surface area contributed by atoms with E-state index in [2.05, 4.69) is 31.3 Å². The first-order valence-corrected chi connectivity index (χ1v) is 6.61. The molecule has 3 heteroatoms. The van der Waals surface area contributed by atoms with Crippen molar-refractivity contribution in [2.45, 2.75) is 38.8 Å². The summed E-state index contributed by atoms with van der Waals surface area (Å²) in [5.41, 5.74) is 3.76. The lowest BCUT2D eigenvalue weighted by molar-refractivity contribution is 0.0805. The Balaban J connectivity index is 2.32. The molecule has 0 bridgehead atoms. The van der Waals surface area contributed by atoms with Gasteiger partial charge in [0.05, 0.1) is 19.3 Å². The van der Waals surface area contributed by atoms with Crippen LogP contribution in [0.1, 0.15) is 35.6 Å². The molecule has 1 aromatic rings. The van der Waals surface area contributed by atoms with Gasteiger partial charge in [-0.25, -0.2) is 0 Å². The smallest absolute Gasteiger partial charge is 0.122 e. The van der Waals surface area contributed by atoms with Crippen LogP contribution in [0.25, 0.3) is 0 Å². The number of ether oxygens (including phenoxy) is 2. The molecule has 1 heterocycles. The van der Waals surface area contributed by atoms with Crippen molar-refractivity contribution in [3.05, 3.63) is 28.8 Å². The van der Waals surface area contributed by atoms with E-state index in [1.807, 2.05) is 7.05 Å². The number of aryl methyl sites for hydroxylation is 2. The highest BCUT2D eigenvalue weighted by molar-refractivity contribution is 5.43. The van der Waals surface area contributed by atoms with Crippen molar-refractivity contribution in [3.8, 4) is 5.75 Å². The summed E-state index contributed by atoms with van der Waals surface area (Å²) in [5, 5.41) is 3.40. The van der Waals surface area contributed by atoms with E-state index in [4.69, 9.17) is 9.47 Å². The van der Waals surface area contributed by atoms with Crippen molar-refractivity contribution < 1.29 is 9.47 Å². The molecule has 0 aromatic heterocycles. The zero-order valence-electron chi connectivity index (χ0n) is 11.7. The van der Waals surface area contributed by atoms with Gasteiger partial charge in [0.25, 0.3) is 0 Å². The predicted molar refractivity (Wildman–Crippen MR) is 73.2 cm³/mol. The average molecular weight is 249 g/mol. The number of rotatable bonds is 4. The fourth-order valence-corrected chi connectivity index (χ4v) is 2.77. The number of hydrogen-bond donors (Lipinski definition) is 1. The van der Waals surface area contributed by atoms with Gasteiger partial charge in [-0.1, -0.05) is 6.07 Å². The zero-order chi connectivity index (χ0) is 13.1. The van der Waals surface area contributed by atoms with E-state index in [-0.39, 0.29) is 6.04 Å². The molecule has 3 nitrogen and oxygen atoms in total. The lowest BCUT2D eigenvalue weighted by Crippen LogP contribution is -2.29. The molecule has 0 spiro atoms. The highest BCUT2D eigenvalue weighted by atomic mass is 16.5. The van der Waals surface area contributed by atoms with Crippen molar-refractivity contribution >= 4 is 0 Å². The van der Waals surface area contributed by atoms with Crippen LogP contribution >= 0.6 is 0 Å². The van der Waals surface area contributed by atoms with Crippen LogP contribution in [-0.2, 0) is 4.74 Å². The van der Waals surface area contributed by atoms with Gasteiger partial charge in [-0.2, -0.15) is 0 Å². The maximum absolute atomic E-state index is 5.82. The predicted octanol–water partition coefficient (Wildman–Crippen LogP) is 2.75. The van der Waals surface area contributed by atoms with Crippen molar-refractivity contribution in [1.82, 2.24) is 5.32 Å². The molecular formula is C15H23NO2. The standard InChI is InChI=1S/C15H23NO2/c1-10-9-14(17-4)11(2)8-12(10)15(16-3)13-6-5-7-18-13/h8-9,13,15-16H,5-7H2,1-4H3. The monoisotopic (exact) mass is 249 g/mol. The van der Waals surface area contributed by atoms with E-state index in [1.54, 1.807) is 7.11 Å². The summed E-state index contributed by atoms with van der Waals surface area (Å²) in [6.07, 6.45) is 2.59. The Hall–Kier alpha value is -1.06. The van der Waals surface area contributed by atoms with Crippen LogP contribution in [0.3, 0.4) is 0 Å². The van der Waals surface area contributed by atoms with Crippen LogP contribution in [0.2, 0.25) is 0 Å². The van der Waals surface area contributed by atoms with E-state index in [1.165, 1.54) is 16.7 Å². The second-order valence-corrected chi connectivity index (χ2v) is 5.00. The van der Waals surface area contributed by atoms with Gasteiger partial charge < -0.3 is 14.8 Å². The molecule has 2 unspecified atom stereocenters. The molecule has 2 rings (SSSR count). The van der Waals surface area contributed by atoms with Crippen LogP contribution in [0.4, 0.5) is 0 Å². The van der Waals surface area contributed by atoms with Gasteiger partial charge in [0.1, 0.15) is 5.75 Å². The molecule has 1 fully saturated rings. The average Bonchev–Trinajstić information content (AvgIpc) is 2.87. The summed E-state index contributed by atoms with van der Waals surface area (Å²) in [6, 6.07) is 4.61. The number of likely N-dealkylation sites (N-methyl/N-ethyl adjacent to an activating group) is 1. The van der Waals surface area contributed by atoms with Crippen LogP contribution in [0.5, 0.6) is 5.75 Å². The molecule has 0 amide bonds. The summed E-state index contributed by atoms with van der Waals surface area (Å²) in [4.78, 5) is 0. The summed E-state index contributed by atoms with van der Waals surface area (Å²) in [6.45, 7) is 5.11. The molecule has 0 radical (unpaired) electrons. The molecule has 2 atom stereocenters. The van der Waals surface area contributed by atoms with Crippen molar-refractivity contribution in [2.75, 3.05) is 20.8 Å². The lowest BCUT2D eigenvalue weighted by Gasteiger charge is -2.25. The maximum Gasteiger partial charge on any atom is 0.122 e. The Labute approximate surface area is 109 Å². The lowest BCUT2D eigenvalue weighted by atomic mass is 9.93. The van der Waals surface area contributed by atoms with Gasteiger partial charge in [0.15, 0.2) is 0 Å². The highest BCUT2D eigenvalue weighted by Crippen LogP contribution is 2.32. The molecule has 0 saturated carbocycles. The highest BCUT2D eigenvalue weighted by Gasteiger charge is 2.27. The summed E-state index contributed by atoms with van der Waals surface area (Å²) in [5.74, 6) is 0.957. The topological polar surface area (TPSA) is 30.5 Å².